The Bertz CT molecular complexity index is 775. The Morgan fingerprint density at radius 3 is 2.77 bits per heavy atom. The van der Waals surface area contributed by atoms with Crippen LogP contribution >= 0.6 is 0 Å². The second-order valence-corrected chi connectivity index (χ2v) is 6.40. The van der Waals surface area contributed by atoms with Crippen molar-refractivity contribution in [2.24, 2.45) is 0 Å². The van der Waals surface area contributed by atoms with Crippen molar-refractivity contribution in [3.63, 3.8) is 0 Å². The molecule has 1 fully saturated rings. The smallest absolute Gasteiger partial charge is 0.231 e. The standard InChI is InChI=1S/C20H20O6/c21-15(14-6-7-17-18(8-14)26-12-25-17)9-19-20(16(22)11-23-19)24-10-13-4-2-1-3-5-13/h1-8,16,19-20,22H,9-12H2/t16-,19+,20-/m1/s1. The second-order valence-electron chi connectivity index (χ2n) is 6.40. The minimum Gasteiger partial charge on any atom is -0.454 e. The summed E-state index contributed by atoms with van der Waals surface area (Å²) in [5.41, 5.74) is 1.54. The Labute approximate surface area is 151 Å². The van der Waals surface area contributed by atoms with Gasteiger partial charge in [0, 0.05) is 12.0 Å². The average molecular weight is 356 g/mol. The Morgan fingerprint density at radius 1 is 1.12 bits per heavy atom. The van der Waals surface area contributed by atoms with E-state index in [0.717, 1.165) is 5.56 Å². The number of rotatable bonds is 6. The highest BCUT2D eigenvalue weighted by atomic mass is 16.7. The number of aliphatic hydroxyl groups excluding tert-OH is 1. The lowest BCUT2D eigenvalue weighted by molar-refractivity contribution is -0.0459. The quantitative estimate of drug-likeness (QED) is 0.801. The number of ether oxygens (including phenoxy) is 4. The Morgan fingerprint density at radius 2 is 1.92 bits per heavy atom. The molecule has 26 heavy (non-hydrogen) atoms. The molecule has 2 aromatic rings. The SMILES string of the molecule is O=C(C[C@@H]1OC[C@@H](O)[C@H]1OCc1ccccc1)c1ccc2c(c1)OCO2. The van der Waals surface area contributed by atoms with Crippen LogP contribution in [0.3, 0.4) is 0 Å². The summed E-state index contributed by atoms with van der Waals surface area (Å²) >= 11 is 0. The average Bonchev–Trinajstić information content (AvgIpc) is 3.27. The fourth-order valence-corrected chi connectivity index (χ4v) is 3.19. The van der Waals surface area contributed by atoms with Gasteiger partial charge in [-0.05, 0) is 23.8 Å². The Kier molecular flexibility index (Phi) is 4.88. The van der Waals surface area contributed by atoms with Crippen molar-refractivity contribution in [2.75, 3.05) is 13.4 Å². The first-order chi connectivity index (χ1) is 12.7. The molecule has 0 bridgehead atoms. The van der Waals surface area contributed by atoms with Crippen LogP contribution < -0.4 is 9.47 Å². The maximum Gasteiger partial charge on any atom is 0.231 e. The lowest BCUT2D eigenvalue weighted by Gasteiger charge is -2.20. The first-order valence-corrected chi connectivity index (χ1v) is 8.59. The lowest BCUT2D eigenvalue weighted by Crippen LogP contribution is -2.34. The molecule has 3 atom stereocenters. The molecule has 1 N–H and O–H groups in total. The largest absolute Gasteiger partial charge is 0.454 e. The van der Waals surface area contributed by atoms with Gasteiger partial charge in [0.1, 0.15) is 12.2 Å². The molecule has 136 valence electrons. The second kappa shape index (κ2) is 7.45. The van der Waals surface area contributed by atoms with Crippen molar-refractivity contribution in [3.8, 4) is 11.5 Å². The zero-order valence-electron chi connectivity index (χ0n) is 14.2. The minimum absolute atomic E-state index is 0.0873. The highest BCUT2D eigenvalue weighted by molar-refractivity contribution is 5.97. The summed E-state index contributed by atoms with van der Waals surface area (Å²) in [6.07, 6.45) is -1.62. The molecule has 1 saturated heterocycles. The van der Waals surface area contributed by atoms with E-state index in [0.29, 0.717) is 23.7 Å². The number of aliphatic hydroxyl groups is 1. The van der Waals surface area contributed by atoms with Crippen molar-refractivity contribution in [2.45, 2.75) is 31.3 Å². The van der Waals surface area contributed by atoms with Crippen LogP contribution in [0.1, 0.15) is 22.3 Å². The van der Waals surface area contributed by atoms with E-state index in [1.165, 1.54) is 0 Å². The van der Waals surface area contributed by atoms with Gasteiger partial charge in [-0.25, -0.2) is 0 Å². The van der Waals surface area contributed by atoms with Gasteiger partial charge < -0.3 is 24.1 Å². The number of hydrogen-bond acceptors (Lipinski definition) is 6. The normalized spacial score (nSPS) is 24.0. The molecule has 0 aromatic heterocycles. The molecule has 6 nitrogen and oxygen atoms in total. The summed E-state index contributed by atoms with van der Waals surface area (Å²) in [5.74, 6) is 1.12. The van der Waals surface area contributed by atoms with Crippen LogP contribution in [0.15, 0.2) is 48.5 Å². The van der Waals surface area contributed by atoms with Crippen molar-refractivity contribution in [1.82, 2.24) is 0 Å². The molecule has 6 heteroatoms. The monoisotopic (exact) mass is 356 g/mol. The molecule has 2 heterocycles. The van der Waals surface area contributed by atoms with Gasteiger partial charge in [0.2, 0.25) is 6.79 Å². The summed E-state index contributed by atoms with van der Waals surface area (Å²) in [5, 5.41) is 10.1. The number of carbonyl (C=O) groups is 1. The van der Waals surface area contributed by atoms with Crippen LogP contribution in [0.4, 0.5) is 0 Å². The number of fused-ring (bicyclic) bond motifs is 1. The van der Waals surface area contributed by atoms with Gasteiger partial charge in [0.25, 0.3) is 0 Å². The molecule has 2 aromatic carbocycles. The number of Topliss-reactive ketones (excluding diaryl/α,β-unsaturated/α-hetero) is 1. The fraction of sp³-hybridized carbons (Fsp3) is 0.350. The molecule has 0 amide bonds. The van der Waals surface area contributed by atoms with Crippen LogP contribution in [0.2, 0.25) is 0 Å². The topological polar surface area (TPSA) is 74.2 Å². The molecule has 0 spiro atoms. The summed E-state index contributed by atoms with van der Waals surface area (Å²) in [6, 6.07) is 14.8. The minimum atomic E-state index is -0.742. The molecule has 4 rings (SSSR count). The molecular weight excluding hydrogens is 336 g/mol. The third kappa shape index (κ3) is 3.58. The third-order valence-corrected chi connectivity index (χ3v) is 4.59. The molecule has 0 saturated carbocycles. The van der Waals surface area contributed by atoms with E-state index in [-0.39, 0.29) is 25.6 Å². The summed E-state index contributed by atoms with van der Waals surface area (Å²) in [7, 11) is 0. The maximum atomic E-state index is 12.6. The molecule has 0 unspecified atom stereocenters. The molecule has 0 radical (unpaired) electrons. The number of benzene rings is 2. The predicted octanol–water partition coefficient (Wildman–Crippen LogP) is 2.33. The van der Waals surface area contributed by atoms with Gasteiger partial charge in [0.15, 0.2) is 17.3 Å². The van der Waals surface area contributed by atoms with E-state index in [1.54, 1.807) is 18.2 Å². The van der Waals surface area contributed by atoms with E-state index >= 15 is 0 Å². The number of carbonyl (C=O) groups excluding carboxylic acids is 1. The zero-order valence-corrected chi connectivity index (χ0v) is 14.2. The van der Waals surface area contributed by atoms with Crippen LogP contribution in [0.5, 0.6) is 11.5 Å². The van der Waals surface area contributed by atoms with Gasteiger partial charge >= 0.3 is 0 Å². The van der Waals surface area contributed by atoms with E-state index in [1.807, 2.05) is 30.3 Å². The fourth-order valence-electron chi connectivity index (χ4n) is 3.19. The van der Waals surface area contributed by atoms with Crippen molar-refractivity contribution in [1.29, 1.82) is 0 Å². The summed E-state index contributed by atoms with van der Waals surface area (Å²) in [4.78, 5) is 12.6. The highest BCUT2D eigenvalue weighted by Gasteiger charge is 2.38. The third-order valence-electron chi connectivity index (χ3n) is 4.59. The van der Waals surface area contributed by atoms with Crippen LogP contribution in [0, 0.1) is 0 Å². The van der Waals surface area contributed by atoms with Gasteiger partial charge in [0.05, 0.1) is 19.3 Å². The zero-order chi connectivity index (χ0) is 17.9. The van der Waals surface area contributed by atoms with Crippen molar-refractivity contribution < 1.29 is 28.8 Å². The first-order valence-electron chi connectivity index (χ1n) is 8.59. The van der Waals surface area contributed by atoms with Gasteiger partial charge in [-0.2, -0.15) is 0 Å². The van der Waals surface area contributed by atoms with Gasteiger partial charge in [-0.15, -0.1) is 0 Å². The van der Waals surface area contributed by atoms with E-state index < -0.39 is 18.3 Å². The van der Waals surface area contributed by atoms with Crippen LogP contribution in [0.25, 0.3) is 0 Å². The predicted molar refractivity (Wildman–Crippen MR) is 92.3 cm³/mol. The highest BCUT2D eigenvalue weighted by Crippen LogP contribution is 2.33. The van der Waals surface area contributed by atoms with Crippen LogP contribution in [-0.4, -0.2) is 42.6 Å². The van der Waals surface area contributed by atoms with Crippen molar-refractivity contribution in [3.05, 3.63) is 59.7 Å². The number of hydrogen-bond donors (Lipinski definition) is 1. The van der Waals surface area contributed by atoms with Gasteiger partial charge in [-0.3, -0.25) is 4.79 Å². The lowest BCUT2D eigenvalue weighted by atomic mass is 10.0. The molecule has 2 aliphatic rings. The van der Waals surface area contributed by atoms with E-state index in [2.05, 4.69) is 0 Å². The molecule has 0 aliphatic carbocycles. The van der Waals surface area contributed by atoms with E-state index in [4.69, 9.17) is 18.9 Å². The molecular formula is C20H20O6. The Hall–Kier alpha value is -2.41. The van der Waals surface area contributed by atoms with E-state index in [9.17, 15) is 9.90 Å². The Balaban J connectivity index is 1.40. The molecule has 2 aliphatic heterocycles. The van der Waals surface area contributed by atoms with Crippen LogP contribution in [-0.2, 0) is 16.1 Å². The first kappa shape index (κ1) is 17.0. The number of ketones is 1. The van der Waals surface area contributed by atoms with Gasteiger partial charge in [-0.1, -0.05) is 30.3 Å². The maximum absolute atomic E-state index is 12.6. The van der Waals surface area contributed by atoms with Crippen molar-refractivity contribution >= 4 is 5.78 Å². The summed E-state index contributed by atoms with van der Waals surface area (Å²) in [6.45, 7) is 0.694. The summed E-state index contributed by atoms with van der Waals surface area (Å²) < 4.78 is 22.0.